The van der Waals surface area contributed by atoms with Gasteiger partial charge in [-0.3, -0.25) is 4.79 Å². The second-order valence-electron chi connectivity index (χ2n) is 10.3. The van der Waals surface area contributed by atoms with Gasteiger partial charge in [-0.2, -0.15) is 13.2 Å². The van der Waals surface area contributed by atoms with Crippen molar-refractivity contribution in [2.45, 2.75) is 30.2 Å². The van der Waals surface area contributed by atoms with E-state index in [0.29, 0.717) is 29.7 Å². The standard InChI is InChI=1S/C28H24F4N4O5/c1-39-19-8-15(9-20-23(19)35-13-41-20)25(37)34-11-26(38,16-4-5-16)21-10-18-24(40-12-27(18,33)28(30,31)32)22(36-21)14-2-6-17(29)7-3-14/h2-3,6-10,13,16,38H,4-5,11-12,33H2,1H3,(H,34,37)/t26?,27-/m0/s1. The molecule has 1 amide bonds. The zero-order chi connectivity index (χ0) is 29.2. The fourth-order valence-corrected chi connectivity index (χ4v) is 5.08. The number of hydrogen-bond donors (Lipinski definition) is 3. The van der Waals surface area contributed by atoms with Crippen molar-refractivity contribution in [2.75, 3.05) is 20.3 Å². The number of halogens is 4. The SMILES string of the molecule is COc1cc(C(=O)NCC(O)(c2cc3c(c(-c4ccc(F)cc4)n2)OC[C@@]3(N)C(F)(F)F)C2CC2)cc2ocnc12. The van der Waals surface area contributed by atoms with E-state index in [4.69, 9.17) is 19.6 Å². The first-order valence-electron chi connectivity index (χ1n) is 12.7. The molecule has 1 saturated carbocycles. The Morgan fingerprint density at radius 2 is 1.95 bits per heavy atom. The van der Waals surface area contributed by atoms with Gasteiger partial charge in [0.2, 0.25) is 0 Å². The monoisotopic (exact) mass is 572 g/mol. The van der Waals surface area contributed by atoms with Crippen LogP contribution in [-0.4, -0.2) is 47.4 Å². The largest absolute Gasteiger partial charge is 0.494 e. The van der Waals surface area contributed by atoms with Crippen LogP contribution >= 0.6 is 0 Å². The van der Waals surface area contributed by atoms with Crippen molar-refractivity contribution in [1.29, 1.82) is 0 Å². The van der Waals surface area contributed by atoms with Crippen molar-refractivity contribution in [1.82, 2.24) is 15.3 Å². The molecule has 0 radical (unpaired) electrons. The number of aliphatic hydroxyl groups is 1. The fourth-order valence-electron chi connectivity index (χ4n) is 5.08. The molecule has 9 nitrogen and oxygen atoms in total. The number of oxazole rings is 1. The molecular weight excluding hydrogens is 548 g/mol. The summed E-state index contributed by atoms with van der Waals surface area (Å²) in [4.78, 5) is 21.7. The third kappa shape index (κ3) is 4.45. The van der Waals surface area contributed by atoms with Crippen LogP contribution in [0.15, 0.2) is 53.3 Å². The van der Waals surface area contributed by atoms with Crippen LogP contribution in [0.3, 0.4) is 0 Å². The van der Waals surface area contributed by atoms with Crippen molar-refractivity contribution >= 4 is 17.0 Å². The smallest absolute Gasteiger partial charge is 0.414 e. The average Bonchev–Trinajstić information content (AvgIpc) is 3.60. The van der Waals surface area contributed by atoms with Crippen molar-refractivity contribution in [2.24, 2.45) is 11.7 Å². The van der Waals surface area contributed by atoms with Crippen molar-refractivity contribution in [3.63, 3.8) is 0 Å². The molecule has 4 aromatic rings. The van der Waals surface area contributed by atoms with Crippen molar-refractivity contribution in [3.05, 3.63) is 71.5 Å². The number of hydrogen-bond acceptors (Lipinski definition) is 8. The molecule has 6 rings (SSSR count). The summed E-state index contributed by atoms with van der Waals surface area (Å²) >= 11 is 0. The Labute approximate surface area is 230 Å². The first kappa shape index (κ1) is 27.0. The van der Waals surface area contributed by atoms with E-state index in [0.717, 1.165) is 18.2 Å². The van der Waals surface area contributed by atoms with Crippen LogP contribution in [-0.2, 0) is 11.1 Å². The molecule has 2 atom stereocenters. The number of nitrogens with two attached hydrogens (primary N) is 1. The van der Waals surface area contributed by atoms with Gasteiger partial charge in [-0.1, -0.05) is 0 Å². The molecule has 41 heavy (non-hydrogen) atoms. The van der Waals surface area contributed by atoms with Gasteiger partial charge in [-0.25, -0.2) is 14.4 Å². The Morgan fingerprint density at radius 1 is 1.22 bits per heavy atom. The third-order valence-electron chi connectivity index (χ3n) is 7.62. The summed E-state index contributed by atoms with van der Waals surface area (Å²) in [6, 6.07) is 8.98. The summed E-state index contributed by atoms with van der Waals surface area (Å²) in [6.07, 6.45) is -2.57. The number of nitrogens with one attached hydrogen (secondary N) is 1. The normalized spacial score (nSPS) is 19.9. The van der Waals surface area contributed by atoms with Gasteiger partial charge in [-0.05, 0) is 61.2 Å². The van der Waals surface area contributed by atoms with Crippen molar-refractivity contribution < 1.29 is 41.4 Å². The molecular formula is C28H24F4N4O5. The highest BCUT2D eigenvalue weighted by Crippen LogP contribution is 2.52. The highest BCUT2D eigenvalue weighted by atomic mass is 19.4. The second kappa shape index (κ2) is 9.42. The van der Waals surface area contributed by atoms with E-state index in [1.165, 1.54) is 37.8 Å². The Bertz CT molecular complexity index is 1650. The van der Waals surface area contributed by atoms with E-state index in [1.807, 2.05) is 0 Å². The van der Waals surface area contributed by atoms with Gasteiger partial charge in [0.05, 0.1) is 19.3 Å². The van der Waals surface area contributed by atoms with Gasteiger partial charge in [0.25, 0.3) is 5.91 Å². The summed E-state index contributed by atoms with van der Waals surface area (Å²) in [5.41, 5.74) is 1.76. The molecule has 1 aliphatic carbocycles. The van der Waals surface area contributed by atoms with Gasteiger partial charge < -0.3 is 30.0 Å². The number of rotatable bonds is 7. The quantitative estimate of drug-likeness (QED) is 0.281. The molecule has 214 valence electrons. The van der Waals surface area contributed by atoms with Crippen LogP contribution < -0.4 is 20.5 Å². The van der Waals surface area contributed by atoms with Crippen molar-refractivity contribution in [3.8, 4) is 22.8 Å². The summed E-state index contributed by atoms with van der Waals surface area (Å²) in [6.45, 7) is -1.26. The first-order valence-corrected chi connectivity index (χ1v) is 12.7. The molecule has 0 spiro atoms. The number of amides is 1. The molecule has 2 aromatic carbocycles. The van der Waals surface area contributed by atoms with Crippen LogP contribution in [0.25, 0.3) is 22.4 Å². The molecule has 3 heterocycles. The number of ether oxygens (including phenoxy) is 2. The van der Waals surface area contributed by atoms with Crippen LogP contribution in [0.4, 0.5) is 17.6 Å². The minimum absolute atomic E-state index is 0.0278. The number of carbonyl (C=O) groups excluding carboxylic acids is 1. The molecule has 2 aliphatic rings. The number of benzene rings is 2. The maximum absolute atomic E-state index is 14.2. The fraction of sp³-hybridized carbons (Fsp3) is 0.321. The van der Waals surface area contributed by atoms with E-state index in [2.05, 4.69) is 15.3 Å². The Balaban J connectivity index is 1.41. The topological polar surface area (TPSA) is 133 Å². The summed E-state index contributed by atoms with van der Waals surface area (Å²) in [5.74, 6) is -1.44. The van der Waals surface area contributed by atoms with E-state index < -0.39 is 47.1 Å². The first-order chi connectivity index (χ1) is 19.4. The molecule has 0 saturated heterocycles. The van der Waals surface area contributed by atoms with Crippen LogP contribution in [0.1, 0.15) is 34.5 Å². The molecule has 1 unspecified atom stereocenters. The molecule has 2 aromatic heterocycles. The number of aromatic nitrogens is 2. The third-order valence-corrected chi connectivity index (χ3v) is 7.62. The minimum atomic E-state index is -4.89. The number of alkyl halides is 3. The van der Waals surface area contributed by atoms with Gasteiger partial charge in [-0.15, -0.1) is 0 Å². The number of pyridine rings is 1. The van der Waals surface area contributed by atoms with Crippen LogP contribution in [0, 0.1) is 11.7 Å². The summed E-state index contributed by atoms with van der Waals surface area (Å²) in [5, 5.41) is 14.6. The minimum Gasteiger partial charge on any atom is -0.494 e. The molecule has 1 aliphatic heterocycles. The lowest BCUT2D eigenvalue weighted by Gasteiger charge is -2.31. The lowest BCUT2D eigenvalue weighted by atomic mass is 9.86. The summed E-state index contributed by atoms with van der Waals surface area (Å²) in [7, 11) is 1.41. The molecule has 0 bridgehead atoms. The predicted molar refractivity (Wildman–Crippen MR) is 137 cm³/mol. The number of methoxy groups -OCH3 is 1. The number of nitrogens with zero attached hydrogens (tertiary/aromatic N) is 2. The molecule has 13 heteroatoms. The number of carbonyl (C=O) groups is 1. The van der Waals surface area contributed by atoms with Gasteiger partial charge in [0.1, 0.15) is 29.5 Å². The van der Waals surface area contributed by atoms with Gasteiger partial charge in [0.15, 0.2) is 28.8 Å². The lowest BCUT2D eigenvalue weighted by molar-refractivity contribution is -0.191. The zero-order valence-electron chi connectivity index (χ0n) is 21.6. The van der Waals surface area contributed by atoms with E-state index in [9.17, 15) is 27.5 Å². The maximum Gasteiger partial charge on any atom is 0.414 e. The summed E-state index contributed by atoms with van der Waals surface area (Å²) < 4.78 is 72.2. The van der Waals surface area contributed by atoms with Crippen LogP contribution in [0.2, 0.25) is 0 Å². The highest BCUT2D eigenvalue weighted by Gasteiger charge is 2.59. The Kier molecular flexibility index (Phi) is 6.19. The van der Waals surface area contributed by atoms with E-state index in [-0.39, 0.29) is 34.8 Å². The van der Waals surface area contributed by atoms with E-state index in [1.54, 1.807) is 0 Å². The predicted octanol–water partition coefficient (Wildman–Crippen LogP) is 4.17. The maximum atomic E-state index is 14.2. The van der Waals surface area contributed by atoms with E-state index >= 15 is 0 Å². The average molecular weight is 573 g/mol. The molecule has 4 N–H and O–H groups in total. The highest BCUT2D eigenvalue weighted by molar-refractivity contribution is 5.98. The lowest BCUT2D eigenvalue weighted by Crippen LogP contribution is -2.52. The van der Waals surface area contributed by atoms with Gasteiger partial charge in [0, 0.05) is 16.7 Å². The van der Waals surface area contributed by atoms with Crippen LogP contribution in [0.5, 0.6) is 11.5 Å². The molecule has 1 fully saturated rings. The Hall–Kier alpha value is -4.23. The van der Waals surface area contributed by atoms with Gasteiger partial charge >= 0.3 is 6.18 Å². The zero-order valence-corrected chi connectivity index (χ0v) is 21.6. The second-order valence-corrected chi connectivity index (χ2v) is 10.3. The number of fused-ring (bicyclic) bond motifs is 2. The Morgan fingerprint density at radius 3 is 2.61 bits per heavy atom.